The van der Waals surface area contributed by atoms with Crippen molar-refractivity contribution in [2.24, 2.45) is 0 Å². The zero-order valence-corrected chi connectivity index (χ0v) is 24.3. The first-order valence-corrected chi connectivity index (χ1v) is 15.7. The Labute approximate surface area is 245 Å². The van der Waals surface area contributed by atoms with Crippen molar-refractivity contribution in [3.8, 4) is 0 Å². The van der Waals surface area contributed by atoms with Crippen LogP contribution in [-0.4, -0.2) is 105 Å². The molecule has 2 aromatic rings. The molecule has 11 nitrogen and oxygen atoms in total. The predicted molar refractivity (Wildman–Crippen MR) is 154 cm³/mol. The van der Waals surface area contributed by atoms with Crippen LogP contribution in [0.5, 0.6) is 0 Å². The number of carbonyl (C=O) groups excluding carboxylic acids is 3. The summed E-state index contributed by atoms with van der Waals surface area (Å²) in [4.78, 5) is 46.5. The summed E-state index contributed by atoms with van der Waals surface area (Å²) >= 11 is 0. The molecule has 0 bridgehead atoms. The summed E-state index contributed by atoms with van der Waals surface area (Å²) in [5.41, 5.74) is -1.02. The molecule has 4 heterocycles. The van der Waals surface area contributed by atoms with Gasteiger partial charge in [-0.25, -0.2) is 8.42 Å². The van der Waals surface area contributed by atoms with E-state index >= 15 is 0 Å². The molecule has 2 amide bonds. The minimum Gasteiger partial charge on any atom is -0.507 e. The Morgan fingerprint density at radius 2 is 1.60 bits per heavy atom. The van der Waals surface area contributed by atoms with E-state index in [1.165, 1.54) is 38.4 Å². The van der Waals surface area contributed by atoms with Gasteiger partial charge in [-0.3, -0.25) is 19.3 Å². The molecule has 0 radical (unpaired) electrons. The molecule has 4 aliphatic heterocycles. The Hall–Kier alpha value is -3.58. The smallest absolute Gasteiger partial charge is 0.296 e. The molecule has 0 aliphatic carbocycles. The SMILES string of the molecule is CN1C(=O)C2(/C(=C(\O)c3ccc(S(=O)(=O)N4CCCC4)cc3)C(=O)C(=O)N2CCCN2CCOCC2)c2ccccc21. The highest BCUT2D eigenvalue weighted by atomic mass is 32.2. The molecule has 1 unspecified atom stereocenters. The lowest BCUT2D eigenvalue weighted by molar-refractivity contribution is -0.143. The van der Waals surface area contributed by atoms with Crippen molar-refractivity contribution in [3.05, 3.63) is 65.2 Å². The number of sulfonamides is 1. The van der Waals surface area contributed by atoms with Gasteiger partial charge in [-0.05, 0) is 49.6 Å². The molecule has 1 N–H and O–H groups in total. The van der Waals surface area contributed by atoms with Crippen LogP contribution in [0.25, 0.3) is 5.76 Å². The molecule has 0 saturated carbocycles. The number of carbonyl (C=O) groups is 3. The van der Waals surface area contributed by atoms with E-state index in [0.29, 0.717) is 50.5 Å². The number of para-hydroxylation sites is 1. The highest BCUT2D eigenvalue weighted by molar-refractivity contribution is 7.89. The van der Waals surface area contributed by atoms with Gasteiger partial charge in [0.1, 0.15) is 5.76 Å². The molecule has 0 aromatic heterocycles. The van der Waals surface area contributed by atoms with E-state index < -0.39 is 38.9 Å². The highest BCUT2D eigenvalue weighted by Crippen LogP contribution is 2.53. The number of ether oxygens (including phenoxy) is 1. The molecule has 1 spiro atoms. The number of aliphatic hydroxyl groups excluding tert-OH is 1. The third-order valence-corrected chi connectivity index (χ3v) is 10.6. The minimum absolute atomic E-state index is 0.0706. The first kappa shape index (κ1) is 28.5. The molecular weight excluding hydrogens is 560 g/mol. The van der Waals surface area contributed by atoms with E-state index in [0.717, 1.165) is 25.9 Å². The van der Waals surface area contributed by atoms with Crippen LogP contribution >= 0.6 is 0 Å². The topological polar surface area (TPSA) is 128 Å². The van der Waals surface area contributed by atoms with Crippen LogP contribution in [0.1, 0.15) is 30.4 Å². The fourth-order valence-corrected chi connectivity index (χ4v) is 8.07. The van der Waals surface area contributed by atoms with Crippen molar-refractivity contribution in [1.29, 1.82) is 0 Å². The quantitative estimate of drug-likeness (QED) is 0.292. The maximum absolute atomic E-state index is 14.2. The van der Waals surface area contributed by atoms with Gasteiger partial charge in [0.15, 0.2) is 5.54 Å². The zero-order valence-electron chi connectivity index (χ0n) is 23.5. The fraction of sp³-hybridized carbons (Fsp3) is 0.433. The number of Topliss-reactive ketones (excluding diaryl/α,β-unsaturated/α-hetero) is 1. The molecule has 6 rings (SSSR count). The van der Waals surface area contributed by atoms with E-state index in [-0.39, 0.29) is 22.6 Å². The van der Waals surface area contributed by atoms with Crippen LogP contribution in [0.4, 0.5) is 5.69 Å². The van der Waals surface area contributed by atoms with Gasteiger partial charge < -0.3 is 19.6 Å². The first-order valence-electron chi connectivity index (χ1n) is 14.3. The van der Waals surface area contributed by atoms with Gasteiger partial charge in [-0.1, -0.05) is 18.2 Å². The van der Waals surface area contributed by atoms with Crippen LogP contribution in [-0.2, 0) is 34.7 Å². The number of hydrogen-bond acceptors (Lipinski definition) is 8. The summed E-state index contributed by atoms with van der Waals surface area (Å²) in [5.74, 6) is -2.84. The zero-order chi connectivity index (χ0) is 29.6. The Morgan fingerprint density at radius 3 is 2.29 bits per heavy atom. The predicted octanol–water partition coefficient (Wildman–Crippen LogP) is 1.75. The average Bonchev–Trinajstić information content (AvgIpc) is 3.69. The Balaban J connectivity index is 1.42. The Kier molecular flexibility index (Phi) is 7.42. The first-order chi connectivity index (χ1) is 20.2. The summed E-state index contributed by atoms with van der Waals surface area (Å²) in [6.45, 7) is 4.46. The van der Waals surface area contributed by atoms with Crippen molar-refractivity contribution in [3.63, 3.8) is 0 Å². The lowest BCUT2D eigenvalue weighted by Gasteiger charge is -2.35. The van der Waals surface area contributed by atoms with Crippen molar-refractivity contribution in [1.82, 2.24) is 14.1 Å². The maximum Gasteiger partial charge on any atom is 0.296 e. The van der Waals surface area contributed by atoms with Crippen LogP contribution in [0.2, 0.25) is 0 Å². The lowest BCUT2D eigenvalue weighted by atomic mass is 9.82. The number of aliphatic hydroxyl groups is 1. The number of hydrogen-bond donors (Lipinski definition) is 1. The number of benzene rings is 2. The second kappa shape index (κ2) is 10.9. The number of rotatable bonds is 7. The van der Waals surface area contributed by atoms with Crippen LogP contribution in [0.15, 0.2) is 59.0 Å². The molecule has 12 heteroatoms. The summed E-state index contributed by atoms with van der Waals surface area (Å²) in [6.07, 6.45) is 2.11. The lowest BCUT2D eigenvalue weighted by Crippen LogP contribution is -2.52. The van der Waals surface area contributed by atoms with Crippen molar-refractivity contribution in [2.75, 3.05) is 64.4 Å². The van der Waals surface area contributed by atoms with Crippen LogP contribution < -0.4 is 4.90 Å². The highest BCUT2D eigenvalue weighted by Gasteiger charge is 2.66. The molecule has 3 fully saturated rings. The maximum atomic E-state index is 14.2. The van der Waals surface area contributed by atoms with Gasteiger partial charge in [-0.15, -0.1) is 0 Å². The molecule has 1 atom stereocenters. The molecule has 222 valence electrons. The molecule has 3 saturated heterocycles. The van der Waals surface area contributed by atoms with Crippen LogP contribution in [0.3, 0.4) is 0 Å². The largest absolute Gasteiger partial charge is 0.507 e. The molecule has 4 aliphatic rings. The van der Waals surface area contributed by atoms with Gasteiger partial charge in [0.2, 0.25) is 10.0 Å². The van der Waals surface area contributed by atoms with E-state index in [1.807, 2.05) is 0 Å². The normalized spacial score (nSPS) is 24.7. The van der Waals surface area contributed by atoms with Crippen LogP contribution in [0, 0.1) is 0 Å². The van der Waals surface area contributed by atoms with E-state index in [4.69, 9.17) is 4.74 Å². The second-order valence-electron chi connectivity index (χ2n) is 11.0. The van der Waals surface area contributed by atoms with E-state index in [1.54, 1.807) is 31.3 Å². The standard InChI is InChI=1S/C30H34N4O7S/c1-31-24-8-3-2-7-23(24)30(29(31)38)25(27(36)28(37)34(30)16-6-13-32-17-19-41-20-18-32)26(35)21-9-11-22(12-10-21)42(39,40)33-14-4-5-15-33/h2-3,7-12,35H,4-6,13-20H2,1H3/b26-25-. The number of amides is 2. The van der Waals surface area contributed by atoms with Crippen molar-refractivity contribution in [2.45, 2.75) is 29.7 Å². The number of likely N-dealkylation sites (N-methyl/N-ethyl adjacent to an activating group) is 1. The summed E-state index contributed by atoms with van der Waals surface area (Å²) < 4.78 is 32.9. The third kappa shape index (κ3) is 4.36. The number of anilines is 1. The van der Waals surface area contributed by atoms with Gasteiger partial charge in [-0.2, -0.15) is 4.31 Å². The van der Waals surface area contributed by atoms with Gasteiger partial charge in [0.25, 0.3) is 17.6 Å². The Morgan fingerprint density at radius 1 is 0.929 bits per heavy atom. The monoisotopic (exact) mass is 594 g/mol. The Bertz CT molecular complexity index is 1560. The molecule has 2 aromatic carbocycles. The number of ketones is 1. The van der Waals surface area contributed by atoms with E-state index in [2.05, 4.69) is 4.90 Å². The number of likely N-dealkylation sites (tertiary alicyclic amines) is 1. The van der Waals surface area contributed by atoms with E-state index in [9.17, 15) is 27.9 Å². The molecule has 42 heavy (non-hydrogen) atoms. The van der Waals surface area contributed by atoms with Gasteiger partial charge in [0, 0.05) is 63.1 Å². The van der Waals surface area contributed by atoms with Crippen molar-refractivity contribution < 1.29 is 32.6 Å². The molecular formula is C30H34N4O7S. The summed E-state index contributed by atoms with van der Waals surface area (Å²) in [7, 11) is -2.11. The van der Waals surface area contributed by atoms with Gasteiger partial charge >= 0.3 is 0 Å². The fourth-order valence-electron chi connectivity index (χ4n) is 6.55. The minimum atomic E-state index is -3.69. The summed E-state index contributed by atoms with van der Waals surface area (Å²) in [5, 5.41) is 11.6. The third-order valence-electron chi connectivity index (χ3n) is 8.73. The number of fused-ring (bicyclic) bond motifs is 2. The number of nitrogens with zero attached hydrogens (tertiary/aromatic N) is 4. The van der Waals surface area contributed by atoms with Gasteiger partial charge in [0.05, 0.1) is 23.7 Å². The number of morpholine rings is 1. The summed E-state index contributed by atoms with van der Waals surface area (Å²) in [6, 6.07) is 12.5. The second-order valence-corrected chi connectivity index (χ2v) is 13.0. The average molecular weight is 595 g/mol. The van der Waals surface area contributed by atoms with Crippen molar-refractivity contribution >= 4 is 39.1 Å².